The van der Waals surface area contributed by atoms with Gasteiger partial charge in [-0.2, -0.15) is 0 Å². The Morgan fingerprint density at radius 1 is 0.969 bits per heavy atom. The number of alkyl halides is 3. The molecule has 0 bridgehead atoms. The molecule has 0 unspecified atom stereocenters. The molecule has 2 aromatic rings. The molecule has 0 radical (unpaired) electrons. The van der Waals surface area contributed by atoms with E-state index in [9.17, 15) is 18.0 Å². The first-order chi connectivity index (χ1) is 15.2. The molecule has 172 valence electrons. The minimum Gasteiger partial charge on any atom is -0.490 e. The smallest absolute Gasteiger partial charge is 0.490 e. The SMILES string of the molecule is C=C(Nc1ccc(OC(F)(F)F)cc1)NC1CCC(Oc2ccc(C(=O)NC)cc2)CC1. The van der Waals surface area contributed by atoms with Crippen molar-refractivity contribution in [3.05, 3.63) is 66.5 Å². The predicted octanol–water partition coefficient (Wildman–Crippen LogP) is 4.81. The van der Waals surface area contributed by atoms with Crippen molar-refractivity contribution in [2.45, 2.75) is 44.2 Å². The highest BCUT2D eigenvalue weighted by Crippen LogP contribution is 2.26. The number of hydrogen-bond acceptors (Lipinski definition) is 5. The van der Waals surface area contributed by atoms with Crippen LogP contribution < -0.4 is 25.4 Å². The van der Waals surface area contributed by atoms with E-state index in [2.05, 4.69) is 27.3 Å². The summed E-state index contributed by atoms with van der Waals surface area (Å²) in [5.74, 6) is 0.896. The second kappa shape index (κ2) is 10.3. The number of benzene rings is 2. The maximum Gasteiger partial charge on any atom is 0.573 e. The summed E-state index contributed by atoms with van der Waals surface area (Å²) >= 11 is 0. The van der Waals surface area contributed by atoms with E-state index in [1.165, 1.54) is 24.3 Å². The molecule has 0 spiro atoms. The van der Waals surface area contributed by atoms with Crippen LogP contribution in [-0.4, -0.2) is 31.5 Å². The van der Waals surface area contributed by atoms with E-state index < -0.39 is 6.36 Å². The molecule has 0 atom stereocenters. The molecule has 2 aromatic carbocycles. The number of anilines is 1. The van der Waals surface area contributed by atoms with Crippen molar-refractivity contribution in [3.63, 3.8) is 0 Å². The van der Waals surface area contributed by atoms with E-state index in [-0.39, 0.29) is 23.8 Å². The Kier molecular flexibility index (Phi) is 7.50. The largest absolute Gasteiger partial charge is 0.573 e. The molecule has 1 amide bonds. The van der Waals surface area contributed by atoms with Crippen molar-refractivity contribution < 1.29 is 27.4 Å². The van der Waals surface area contributed by atoms with Crippen LogP contribution in [-0.2, 0) is 0 Å². The molecule has 0 aliphatic heterocycles. The molecule has 6 nitrogen and oxygen atoms in total. The average Bonchev–Trinajstić information content (AvgIpc) is 2.75. The fourth-order valence-corrected chi connectivity index (χ4v) is 3.54. The minimum absolute atomic E-state index is 0.0984. The Morgan fingerprint density at radius 3 is 2.12 bits per heavy atom. The lowest BCUT2D eigenvalue weighted by atomic mass is 9.93. The molecule has 3 N–H and O–H groups in total. The summed E-state index contributed by atoms with van der Waals surface area (Å²) in [6.07, 6.45) is -1.10. The van der Waals surface area contributed by atoms with Gasteiger partial charge in [0.2, 0.25) is 0 Å². The number of amides is 1. The highest BCUT2D eigenvalue weighted by molar-refractivity contribution is 5.94. The molecule has 3 rings (SSSR count). The van der Waals surface area contributed by atoms with Crippen molar-refractivity contribution in [1.29, 1.82) is 0 Å². The molecule has 1 aliphatic rings. The van der Waals surface area contributed by atoms with Gasteiger partial charge in [-0.25, -0.2) is 0 Å². The van der Waals surface area contributed by atoms with Crippen LogP contribution in [0.2, 0.25) is 0 Å². The Morgan fingerprint density at radius 2 is 1.56 bits per heavy atom. The van der Waals surface area contributed by atoms with Crippen LogP contribution in [0.1, 0.15) is 36.0 Å². The molecule has 1 saturated carbocycles. The van der Waals surface area contributed by atoms with Gasteiger partial charge in [-0.3, -0.25) is 4.79 Å². The molecular weight excluding hydrogens is 423 g/mol. The third-order valence-electron chi connectivity index (χ3n) is 5.08. The standard InChI is InChI=1S/C23H26F3N3O3/c1-15(29-18-7-13-21(14-8-18)32-23(24,25)26)28-17-5-11-20(12-6-17)31-19-9-3-16(4-10-19)22(30)27-2/h3-4,7-10,13-14,17,20,28-29H,1,5-6,11-12H2,2H3,(H,27,30). The van der Waals surface area contributed by atoms with Crippen LogP contribution in [0.15, 0.2) is 60.9 Å². The van der Waals surface area contributed by atoms with Crippen LogP contribution in [0, 0.1) is 0 Å². The predicted molar refractivity (Wildman–Crippen MR) is 116 cm³/mol. The molecule has 0 aromatic heterocycles. The number of rotatable bonds is 8. The molecular formula is C23H26F3N3O3. The Balaban J connectivity index is 1.40. The van der Waals surface area contributed by atoms with Gasteiger partial charge in [0.25, 0.3) is 5.91 Å². The van der Waals surface area contributed by atoms with Crippen molar-refractivity contribution in [1.82, 2.24) is 10.6 Å². The normalized spacial score (nSPS) is 18.4. The quantitative estimate of drug-likeness (QED) is 0.540. The highest BCUT2D eigenvalue weighted by atomic mass is 19.4. The van der Waals surface area contributed by atoms with Gasteiger partial charge >= 0.3 is 6.36 Å². The second-order valence-electron chi connectivity index (χ2n) is 7.52. The third kappa shape index (κ3) is 7.11. The van der Waals surface area contributed by atoms with Crippen LogP contribution in [0.25, 0.3) is 0 Å². The Bertz CT molecular complexity index is 907. The zero-order valence-electron chi connectivity index (χ0n) is 17.7. The zero-order chi connectivity index (χ0) is 23.1. The van der Waals surface area contributed by atoms with E-state index in [1.807, 2.05) is 0 Å². The summed E-state index contributed by atoms with van der Waals surface area (Å²) in [5, 5.41) is 8.94. The van der Waals surface area contributed by atoms with Gasteiger partial charge in [0, 0.05) is 24.3 Å². The Labute approximate surface area is 184 Å². The van der Waals surface area contributed by atoms with Gasteiger partial charge in [0.05, 0.1) is 11.9 Å². The van der Waals surface area contributed by atoms with E-state index in [0.29, 0.717) is 17.1 Å². The minimum atomic E-state index is -4.71. The number of ether oxygens (including phenoxy) is 2. The van der Waals surface area contributed by atoms with Crippen molar-refractivity contribution in [2.75, 3.05) is 12.4 Å². The molecule has 9 heteroatoms. The molecule has 1 fully saturated rings. The second-order valence-corrected chi connectivity index (χ2v) is 7.52. The van der Waals surface area contributed by atoms with E-state index >= 15 is 0 Å². The molecule has 0 saturated heterocycles. The highest BCUT2D eigenvalue weighted by Gasteiger charge is 2.31. The fourth-order valence-electron chi connectivity index (χ4n) is 3.54. The number of hydrogen-bond donors (Lipinski definition) is 3. The summed E-state index contributed by atoms with van der Waals surface area (Å²) in [6, 6.07) is 12.8. The van der Waals surface area contributed by atoms with Gasteiger partial charge < -0.3 is 25.4 Å². The molecule has 32 heavy (non-hydrogen) atoms. The van der Waals surface area contributed by atoms with Crippen molar-refractivity contribution in [3.8, 4) is 11.5 Å². The first kappa shape index (κ1) is 23.3. The van der Waals surface area contributed by atoms with E-state index in [0.717, 1.165) is 31.4 Å². The number of carbonyl (C=O) groups is 1. The van der Waals surface area contributed by atoms with Crippen LogP contribution in [0.3, 0.4) is 0 Å². The van der Waals surface area contributed by atoms with Gasteiger partial charge in [0.15, 0.2) is 0 Å². The monoisotopic (exact) mass is 449 g/mol. The van der Waals surface area contributed by atoms with Gasteiger partial charge in [0.1, 0.15) is 11.5 Å². The first-order valence-electron chi connectivity index (χ1n) is 10.3. The molecule has 0 heterocycles. The van der Waals surface area contributed by atoms with Crippen molar-refractivity contribution >= 4 is 11.6 Å². The summed E-state index contributed by atoms with van der Waals surface area (Å²) in [5.41, 5.74) is 1.19. The first-order valence-corrected chi connectivity index (χ1v) is 10.3. The number of nitrogens with one attached hydrogen (secondary N) is 3. The number of halogens is 3. The maximum atomic E-state index is 12.2. The lowest BCUT2D eigenvalue weighted by Crippen LogP contribution is -2.37. The summed E-state index contributed by atoms with van der Waals surface area (Å²) in [6.45, 7) is 3.94. The Hall–Kier alpha value is -3.36. The van der Waals surface area contributed by atoms with E-state index in [1.54, 1.807) is 31.3 Å². The van der Waals surface area contributed by atoms with Crippen molar-refractivity contribution in [2.24, 2.45) is 0 Å². The summed E-state index contributed by atoms with van der Waals surface area (Å²) < 4.78 is 46.6. The van der Waals surface area contributed by atoms with Crippen LogP contribution in [0.5, 0.6) is 11.5 Å². The lowest BCUT2D eigenvalue weighted by molar-refractivity contribution is -0.274. The summed E-state index contributed by atoms with van der Waals surface area (Å²) in [4.78, 5) is 11.6. The number of carbonyl (C=O) groups excluding carboxylic acids is 1. The van der Waals surface area contributed by atoms with E-state index in [4.69, 9.17) is 4.74 Å². The average molecular weight is 449 g/mol. The zero-order valence-corrected chi connectivity index (χ0v) is 17.7. The lowest BCUT2D eigenvalue weighted by Gasteiger charge is -2.30. The van der Waals surface area contributed by atoms with Crippen LogP contribution >= 0.6 is 0 Å². The molecule has 1 aliphatic carbocycles. The van der Waals surface area contributed by atoms with Gasteiger partial charge in [-0.1, -0.05) is 6.58 Å². The van der Waals surface area contributed by atoms with Crippen LogP contribution in [0.4, 0.5) is 18.9 Å². The van der Waals surface area contributed by atoms with Gasteiger partial charge in [-0.05, 0) is 74.2 Å². The summed E-state index contributed by atoms with van der Waals surface area (Å²) in [7, 11) is 1.59. The fraction of sp³-hybridized carbons (Fsp3) is 0.348. The maximum absolute atomic E-state index is 12.2. The third-order valence-corrected chi connectivity index (χ3v) is 5.08. The topological polar surface area (TPSA) is 71.6 Å². The van der Waals surface area contributed by atoms with Gasteiger partial charge in [-0.15, -0.1) is 13.2 Å².